The molecule has 0 rings (SSSR count). The maximum Gasteiger partial charge on any atom is 0.285 e. The van der Waals surface area contributed by atoms with Gasteiger partial charge >= 0.3 is 0 Å². The summed E-state index contributed by atoms with van der Waals surface area (Å²) in [6.45, 7) is -0.0269. The van der Waals surface area contributed by atoms with E-state index in [1.165, 1.54) is 0 Å². The summed E-state index contributed by atoms with van der Waals surface area (Å²) in [6, 6.07) is -1.27. The summed E-state index contributed by atoms with van der Waals surface area (Å²) >= 11 is 0. The van der Waals surface area contributed by atoms with E-state index in [1.54, 1.807) is 0 Å². The first-order chi connectivity index (χ1) is 3.50. The highest BCUT2D eigenvalue weighted by molar-refractivity contribution is 5.85. The summed E-state index contributed by atoms with van der Waals surface area (Å²) in [5, 5.41) is 7.93. The van der Waals surface area contributed by atoms with Crippen molar-refractivity contribution in [1.82, 2.24) is 0 Å². The summed E-state index contributed by atoms with van der Waals surface area (Å²) < 4.78 is 23.8. The third kappa shape index (κ3) is 3.61. The van der Waals surface area contributed by atoms with Crippen LogP contribution in [0.15, 0.2) is 0 Å². The third-order valence-electron chi connectivity index (χ3n) is 0.877. The zero-order chi connectivity index (χ0) is 6.78. The predicted octanol–water partition coefficient (Wildman–Crippen LogP) is 0.383. The third-order valence-corrected chi connectivity index (χ3v) is 0.877. The Morgan fingerprint density at radius 2 is 2.00 bits per heavy atom. The van der Waals surface area contributed by atoms with E-state index in [0.29, 0.717) is 0 Å². The molecule has 0 amide bonds. The van der Waals surface area contributed by atoms with E-state index >= 15 is 0 Å². The predicted molar refractivity (Wildman–Crippen MR) is 32.9 cm³/mol. The van der Waals surface area contributed by atoms with E-state index in [1.807, 2.05) is 0 Å². The Hall–Kier alpha value is 0.0700. The fourth-order valence-electron chi connectivity index (χ4n) is 0.144. The topological polar surface area (TPSA) is 46.2 Å². The van der Waals surface area contributed by atoms with Gasteiger partial charge in [-0.25, -0.2) is 8.78 Å². The second kappa shape index (κ2) is 3.98. The van der Waals surface area contributed by atoms with Gasteiger partial charge in [0.05, 0.1) is 6.04 Å². The van der Waals surface area contributed by atoms with Gasteiger partial charge in [0, 0.05) is 0 Å². The quantitative estimate of drug-likeness (QED) is 0.615. The molecule has 3 N–H and O–H groups in total. The Labute approximate surface area is 58.5 Å². The molecule has 0 saturated carbocycles. The standard InChI is InChI=1S/C4H9F2NO.ClH/c1-3(7)4(5,6)2-8;/h3,8H,2,7H2,1H3;1H. The molecule has 0 aliphatic carbocycles. The zero-order valence-corrected chi connectivity index (χ0v) is 5.79. The summed E-state index contributed by atoms with van der Waals surface area (Å²) in [4.78, 5) is 0. The summed E-state index contributed by atoms with van der Waals surface area (Å²) in [7, 11) is 0. The van der Waals surface area contributed by atoms with Crippen LogP contribution in [-0.2, 0) is 0 Å². The van der Waals surface area contributed by atoms with Crippen molar-refractivity contribution in [3.8, 4) is 0 Å². The molecule has 0 saturated heterocycles. The maximum absolute atomic E-state index is 11.9. The number of aliphatic hydroxyl groups excluding tert-OH is 1. The number of halogens is 3. The van der Waals surface area contributed by atoms with Crippen molar-refractivity contribution >= 4 is 12.4 Å². The fraction of sp³-hybridized carbons (Fsp3) is 1.00. The van der Waals surface area contributed by atoms with Crippen molar-refractivity contribution in [3.05, 3.63) is 0 Å². The van der Waals surface area contributed by atoms with E-state index in [4.69, 9.17) is 10.8 Å². The Bertz CT molecular complexity index is 79.0. The number of hydrogen-bond donors (Lipinski definition) is 2. The minimum atomic E-state index is -3.12. The van der Waals surface area contributed by atoms with Crippen LogP contribution in [0.4, 0.5) is 8.78 Å². The molecule has 0 aromatic heterocycles. The molecular weight excluding hydrogens is 151 g/mol. The number of alkyl halides is 2. The highest BCUT2D eigenvalue weighted by atomic mass is 35.5. The van der Waals surface area contributed by atoms with Crippen LogP contribution < -0.4 is 5.73 Å². The SMILES string of the molecule is CC(N)C(F)(F)CO.Cl. The molecule has 0 aromatic carbocycles. The van der Waals surface area contributed by atoms with Crippen molar-refractivity contribution < 1.29 is 13.9 Å². The summed E-state index contributed by atoms with van der Waals surface area (Å²) in [5.74, 6) is -3.12. The smallest absolute Gasteiger partial charge is 0.285 e. The van der Waals surface area contributed by atoms with Gasteiger partial charge in [-0.3, -0.25) is 0 Å². The highest BCUT2D eigenvalue weighted by Crippen LogP contribution is 2.14. The van der Waals surface area contributed by atoms with Gasteiger partial charge in [-0.15, -0.1) is 12.4 Å². The lowest BCUT2D eigenvalue weighted by molar-refractivity contribution is -0.0655. The monoisotopic (exact) mass is 161 g/mol. The lowest BCUT2D eigenvalue weighted by Gasteiger charge is -2.16. The molecule has 0 aliphatic rings. The van der Waals surface area contributed by atoms with E-state index < -0.39 is 18.6 Å². The van der Waals surface area contributed by atoms with Crippen LogP contribution in [0.3, 0.4) is 0 Å². The number of aliphatic hydroxyl groups is 1. The molecule has 0 fully saturated rings. The Balaban J connectivity index is 0. The Kier molecular flexibility index (Phi) is 5.22. The van der Waals surface area contributed by atoms with Gasteiger partial charge in [0.2, 0.25) is 0 Å². The average Bonchev–Trinajstić information content (AvgIpc) is 1.67. The second-order valence-corrected chi connectivity index (χ2v) is 1.71. The van der Waals surface area contributed by atoms with Crippen LogP contribution in [0, 0.1) is 0 Å². The summed E-state index contributed by atoms with van der Waals surface area (Å²) in [6.07, 6.45) is 0. The first-order valence-electron chi connectivity index (χ1n) is 2.25. The van der Waals surface area contributed by atoms with E-state index in [-0.39, 0.29) is 12.4 Å². The second-order valence-electron chi connectivity index (χ2n) is 1.71. The van der Waals surface area contributed by atoms with Crippen LogP contribution in [0.1, 0.15) is 6.92 Å². The van der Waals surface area contributed by atoms with Crippen molar-refractivity contribution in [2.75, 3.05) is 6.61 Å². The van der Waals surface area contributed by atoms with Gasteiger partial charge in [-0.2, -0.15) is 0 Å². The van der Waals surface area contributed by atoms with Gasteiger partial charge in [0.25, 0.3) is 5.92 Å². The fourth-order valence-corrected chi connectivity index (χ4v) is 0.144. The van der Waals surface area contributed by atoms with Crippen LogP contribution in [0.25, 0.3) is 0 Å². The molecule has 0 radical (unpaired) electrons. The number of rotatable bonds is 2. The molecule has 0 aromatic rings. The largest absolute Gasteiger partial charge is 0.390 e. The number of hydrogen-bond acceptors (Lipinski definition) is 2. The average molecular weight is 162 g/mol. The molecule has 0 spiro atoms. The molecule has 0 bridgehead atoms. The zero-order valence-electron chi connectivity index (χ0n) is 4.97. The molecule has 1 unspecified atom stereocenters. The van der Waals surface area contributed by atoms with Gasteiger partial charge in [-0.1, -0.05) is 0 Å². The highest BCUT2D eigenvalue weighted by Gasteiger charge is 2.32. The molecule has 0 aliphatic heterocycles. The number of nitrogens with two attached hydrogens (primary N) is 1. The van der Waals surface area contributed by atoms with Crippen LogP contribution in [0.5, 0.6) is 0 Å². The van der Waals surface area contributed by atoms with Gasteiger partial charge in [0.1, 0.15) is 6.61 Å². The molecule has 58 valence electrons. The maximum atomic E-state index is 11.9. The van der Waals surface area contributed by atoms with Crippen LogP contribution in [0.2, 0.25) is 0 Å². The Morgan fingerprint density at radius 1 is 1.67 bits per heavy atom. The Morgan fingerprint density at radius 3 is 2.00 bits per heavy atom. The molecular formula is C4H10ClF2NO. The molecule has 9 heavy (non-hydrogen) atoms. The van der Waals surface area contributed by atoms with Crippen LogP contribution in [-0.4, -0.2) is 23.7 Å². The van der Waals surface area contributed by atoms with Crippen molar-refractivity contribution in [2.24, 2.45) is 5.73 Å². The lowest BCUT2D eigenvalue weighted by atomic mass is 10.2. The van der Waals surface area contributed by atoms with Crippen LogP contribution >= 0.6 is 12.4 Å². The molecule has 1 atom stereocenters. The van der Waals surface area contributed by atoms with Crippen molar-refractivity contribution in [1.29, 1.82) is 0 Å². The van der Waals surface area contributed by atoms with E-state index in [9.17, 15) is 8.78 Å². The van der Waals surface area contributed by atoms with Gasteiger partial charge < -0.3 is 10.8 Å². The lowest BCUT2D eigenvalue weighted by Crippen LogP contribution is -2.41. The van der Waals surface area contributed by atoms with E-state index in [2.05, 4.69) is 0 Å². The minimum Gasteiger partial charge on any atom is -0.390 e. The van der Waals surface area contributed by atoms with Crippen molar-refractivity contribution in [3.63, 3.8) is 0 Å². The van der Waals surface area contributed by atoms with Gasteiger partial charge in [-0.05, 0) is 6.92 Å². The molecule has 5 heteroatoms. The first-order valence-corrected chi connectivity index (χ1v) is 2.25. The van der Waals surface area contributed by atoms with Crippen molar-refractivity contribution in [2.45, 2.75) is 18.9 Å². The normalized spacial score (nSPS) is 14.3. The molecule has 2 nitrogen and oxygen atoms in total. The summed E-state index contributed by atoms with van der Waals surface area (Å²) in [5.41, 5.74) is 4.77. The van der Waals surface area contributed by atoms with Gasteiger partial charge in [0.15, 0.2) is 0 Å². The van der Waals surface area contributed by atoms with E-state index in [0.717, 1.165) is 6.92 Å². The minimum absolute atomic E-state index is 0. The first kappa shape index (κ1) is 11.8. The molecule has 0 heterocycles.